The molecule has 22 heavy (non-hydrogen) atoms. The Kier molecular flexibility index (Phi) is 6.84. The van der Waals surface area contributed by atoms with Crippen molar-refractivity contribution in [2.75, 3.05) is 18.5 Å². The van der Waals surface area contributed by atoms with Crippen molar-refractivity contribution < 1.29 is 27.9 Å². The fourth-order valence-electron chi connectivity index (χ4n) is 1.66. The number of halogens is 3. The standard InChI is InChI=1S/C14H17F3N2O3/c15-14(16,17)10-5-4-6-11(9-10)19-13(22)12(21)18-7-2-1-3-8-20/h4-6,9,20H,1-3,7-8H2,(H,18,21)(H,19,22). The van der Waals surface area contributed by atoms with Crippen LogP contribution in [0.1, 0.15) is 24.8 Å². The van der Waals surface area contributed by atoms with Crippen molar-refractivity contribution in [3.63, 3.8) is 0 Å². The first kappa shape index (κ1) is 18.0. The number of rotatable bonds is 6. The molecule has 3 N–H and O–H groups in total. The molecule has 0 spiro atoms. The van der Waals surface area contributed by atoms with Crippen molar-refractivity contribution in [2.45, 2.75) is 25.4 Å². The van der Waals surface area contributed by atoms with Crippen molar-refractivity contribution in [2.24, 2.45) is 0 Å². The lowest BCUT2D eigenvalue weighted by molar-refractivity contribution is -0.137. The van der Waals surface area contributed by atoms with Crippen LogP contribution < -0.4 is 10.6 Å². The lowest BCUT2D eigenvalue weighted by Gasteiger charge is -2.10. The summed E-state index contributed by atoms with van der Waals surface area (Å²) in [4.78, 5) is 23.0. The zero-order valence-electron chi connectivity index (χ0n) is 11.7. The van der Waals surface area contributed by atoms with Crippen LogP contribution in [0.5, 0.6) is 0 Å². The molecule has 0 bridgehead atoms. The number of alkyl halides is 3. The summed E-state index contributed by atoms with van der Waals surface area (Å²) in [6.07, 6.45) is -2.61. The second kappa shape index (κ2) is 8.38. The molecule has 5 nitrogen and oxygen atoms in total. The Balaban J connectivity index is 2.49. The third-order valence-electron chi connectivity index (χ3n) is 2.77. The molecule has 0 atom stereocenters. The minimum Gasteiger partial charge on any atom is -0.396 e. The predicted octanol–water partition coefficient (Wildman–Crippen LogP) is 1.92. The monoisotopic (exact) mass is 318 g/mol. The fourth-order valence-corrected chi connectivity index (χ4v) is 1.66. The minimum absolute atomic E-state index is 0.0595. The lowest BCUT2D eigenvalue weighted by atomic mass is 10.2. The SMILES string of the molecule is O=C(NCCCCCO)C(=O)Nc1cccc(C(F)(F)F)c1. The highest BCUT2D eigenvalue weighted by molar-refractivity contribution is 6.39. The van der Waals surface area contributed by atoms with E-state index in [9.17, 15) is 22.8 Å². The van der Waals surface area contributed by atoms with Gasteiger partial charge in [0.05, 0.1) is 5.56 Å². The van der Waals surface area contributed by atoms with Gasteiger partial charge in [-0.1, -0.05) is 6.07 Å². The van der Waals surface area contributed by atoms with Gasteiger partial charge >= 0.3 is 18.0 Å². The Morgan fingerprint density at radius 1 is 1.09 bits per heavy atom. The summed E-state index contributed by atoms with van der Waals surface area (Å²) < 4.78 is 37.6. The van der Waals surface area contributed by atoms with Gasteiger partial charge in [0.15, 0.2) is 0 Å². The van der Waals surface area contributed by atoms with E-state index in [-0.39, 0.29) is 18.8 Å². The Morgan fingerprint density at radius 3 is 2.45 bits per heavy atom. The molecule has 1 aromatic carbocycles. The van der Waals surface area contributed by atoms with Gasteiger partial charge in [-0.05, 0) is 37.5 Å². The Hall–Kier alpha value is -2.09. The first-order valence-electron chi connectivity index (χ1n) is 6.72. The van der Waals surface area contributed by atoms with E-state index in [1.54, 1.807) is 0 Å². The van der Waals surface area contributed by atoms with Gasteiger partial charge in [0.2, 0.25) is 0 Å². The molecule has 0 unspecified atom stereocenters. The van der Waals surface area contributed by atoms with E-state index in [4.69, 9.17) is 5.11 Å². The average Bonchev–Trinajstić information content (AvgIpc) is 2.46. The van der Waals surface area contributed by atoms with Gasteiger partial charge in [-0.2, -0.15) is 13.2 Å². The van der Waals surface area contributed by atoms with Crippen LogP contribution in [-0.4, -0.2) is 30.1 Å². The van der Waals surface area contributed by atoms with Gasteiger partial charge < -0.3 is 15.7 Å². The number of aliphatic hydroxyl groups excluding tert-OH is 1. The van der Waals surface area contributed by atoms with Crippen LogP contribution in [0.3, 0.4) is 0 Å². The summed E-state index contributed by atoms with van der Waals surface area (Å²) in [5.74, 6) is -1.94. The average molecular weight is 318 g/mol. The quantitative estimate of drug-likeness (QED) is 0.554. The Bertz CT molecular complexity index is 518. The maximum absolute atomic E-state index is 12.5. The molecule has 0 aliphatic carbocycles. The number of anilines is 1. The van der Waals surface area contributed by atoms with Gasteiger partial charge in [0.25, 0.3) is 0 Å². The van der Waals surface area contributed by atoms with Crippen LogP contribution in [-0.2, 0) is 15.8 Å². The summed E-state index contributed by atoms with van der Waals surface area (Å²) in [5, 5.41) is 13.0. The number of nitrogens with one attached hydrogen (secondary N) is 2. The smallest absolute Gasteiger partial charge is 0.396 e. The van der Waals surface area contributed by atoms with Gasteiger partial charge in [0, 0.05) is 18.8 Å². The number of amides is 2. The van der Waals surface area contributed by atoms with Gasteiger partial charge in [0.1, 0.15) is 0 Å². The summed E-state index contributed by atoms with van der Waals surface area (Å²) >= 11 is 0. The summed E-state index contributed by atoms with van der Waals surface area (Å²) in [5.41, 5.74) is -1.01. The largest absolute Gasteiger partial charge is 0.416 e. The highest BCUT2D eigenvalue weighted by Gasteiger charge is 2.30. The molecule has 0 radical (unpaired) electrons. The normalized spacial score (nSPS) is 11.1. The van der Waals surface area contributed by atoms with Crippen LogP contribution in [0.4, 0.5) is 18.9 Å². The van der Waals surface area contributed by atoms with Crippen molar-refractivity contribution in [3.8, 4) is 0 Å². The zero-order valence-corrected chi connectivity index (χ0v) is 11.7. The van der Waals surface area contributed by atoms with E-state index in [2.05, 4.69) is 10.6 Å². The molecule has 0 heterocycles. The van der Waals surface area contributed by atoms with Crippen LogP contribution in [0.15, 0.2) is 24.3 Å². The van der Waals surface area contributed by atoms with E-state index in [0.29, 0.717) is 19.3 Å². The number of unbranched alkanes of at least 4 members (excludes halogenated alkanes) is 2. The third-order valence-corrected chi connectivity index (χ3v) is 2.77. The molecule has 0 saturated carbocycles. The number of hydrogen-bond donors (Lipinski definition) is 3. The number of benzene rings is 1. The lowest BCUT2D eigenvalue weighted by Crippen LogP contribution is -2.35. The van der Waals surface area contributed by atoms with Crippen molar-refractivity contribution in [1.29, 1.82) is 0 Å². The third kappa shape index (κ3) is 6.13. The van der Waals surface area contributed by atoms with E-state index < -0.39 is 23.6 Å². The van der Waals surface area contributed by atoms with Crippen molar-refractivity contribution in [3.05, 3.63) is 29.8 Å². The summed E-state index contributed by atoms with van der Waals surface area (Å²) in [6, 6.07) is 4.04. The molecule has 1 rings (SSSR count). The highest BCUT2D eigenvalue weighted by atomic mass is 19.4. The van der Waals surface area contributed by atoms with Gasteiger partial charge in [-0.25, -0.2) is 0 Å². The van der Waals surface area contributed by atoms with E-state index in [1.807, 2.05) is 0 Å². The second-order valence-corrected chi connectivity index (χ2v) is 4.57. The molecule has 0 aliphatic rings. The maximum atomic E-state index is 12.5. The summed E-state index contributed by atoms with van der Waals surface area (Å²) in [6.45, 7) is 0.318. The van der Waals surface area contributed by atoms with Crippen LogP contribution in [0, 0.1) is 0 Å². The van der Waals surface area contributed by atoms with Gasteiger partial charge in [-0.3, -0.25) is 9.59 Å². The first-order chi connectivity index (χ1) is 10.3. The van der Waals surface area contributed by atoms with Crippen LogP contribution in [0.25, 0.3) is 0 Å². The maximum Gasteiger partial charge on any atom is 0.416 e. The molecule has 0 saturated heterocycles. The molecule has 2 amide bonds. The molecular formula is C14H17F3N2O3. The fraction of sp³-hybridized carbons (Fsp3) is 0.429. The molecule has 0 aromatic heterocycles. The highest BCUT2D eigenvalue weighted by Crippen LogP contribution is 2.30. The molecule has 0 fully saturated rings. The van der Waals surface area contributed by atoms with Crippen LogP contribution >= 0.6 is 0 Å². The summed E-state index contributed by atoms with van der Waals surface area (Å²) in [7, 11) is 0. The predicted molar refractivity (Wildman–Crippen MR) is 74.0 cm³/mol. The number of aliphatic hydroxyl groups is 1. The Labute approximate surface area is 125 Å². The molecular weight excluding hydrogens is 301 g/mol. The van der Waals surface area contributed by atoms with E-state index in [0.717, 1.165) is 18.2 Å². The van der Waals surface area contributed by atoms with E-state index in [1.165, 1.54) is 6.07 Å². The number of carbonyl (C=O) groups excluding carboxylic acids is 2. The molecule has 1 aromatic rings. The zero-order chi connectivity index (χ0) is 16.6. The molecule has 0 aliphatic heterocycles. The molecule has 122 valence electrons. The van der Waals surface area contributed by atoms with Crippen LogP contribution in [0.2, 0.25) is 0 Å². The van der Waals surface area contributed by atoms with Gasteiger partial charge in [-0.15, -0.1) is 0 Å². The Morgan fingerprint density at radius 2 is 1.82 bits per heavy atom. The second-order valence-electron chi connectivity index (χ2n) is 4.57. The molecule has 8 heteroatoms. The van der Waals surface area contributed by atoms with Crippen molar-refractivity contribution in [1.82, 2.24) is 5.32 Å². The van der Waals surface area contributed by atoms with Crippen molar-refractivity contribution >= 4 is 17.5 Å². The minimum atomic E-state index is -4.52. The topological polar surface area (TPSA) is 78.4 Å². The van der Waals surface area contributed by atoms with E-state index >= 15 is 0 Å². The number of carbonyl (C=O) groups is 2. The first-order valence-corrected chi connectivity index (χ1v) is 6.72. The number of hydrogen-bond acceptors (Lipinski definition) is 3.